The molecule has 2 aromatic heterocycles. The molecule has 6 nitrogen and oxygen atoms in total. The van der Waals surface area contributed by atoms with Crippen molar-refractivity contribution in [2.45, 2.75) is 46.5 Å². The van der Waals surface area contributed by atoms with Crippen LogP contribution < -0.4 is 4.90 Å². The monoisotopic (exact) mass is 470 g/mol. The molecule has 4 rings (SSSR count). The SMILES string of the molecule is Cc1nc2cc(-c3ccc(Br)cc3)nn2c(N2CCC[C@](C)(C(=O)O)C2)c1C(C)C. The Bertz CT molecular complexity index is 1110. The number of fused-ring (bicyclic) bond motifs is 1. The maximum absolute atomic E-state index is 12.0. The standard InChI is InChI=1S/C23H27BrN4O2/c1-14(2)20-15(3)25-19-12-18(16-6-8-17(24)9-7-16)26-28(19)21(20)27-11-5-10-23(4,13-27)22(29)30/h6-9,12,14H,5,10-11,13H2,1-4H3,(H,29,30)/t23-/m0/s1. The van der Waals surface area contributed by atoms with Crippen LogP contribution in [-0.2, 0) is 4.79 Å². The van der Waals surface area contributed by atoms with Gasteiger partial charge in [0.15, 0.2) is 5.65 Å². The van der Waals surface area contributed by atoms with Gasteiger partial charge in [-0.3, -0.25) is 4.79 Å². The zero-order valence-electron chi connectivity index (χ0n) is 17.8. The Hall–Kier alpha value is -2.41. The summed E-state index contributed by atoms with van der Waals surface area (Å²) in [5.74, 6) is 0.481. The summed E-state index contributed by atoms with van der Waals surface area (Å²) in [6.45, 7) is 9.46. The highest BCUT2D eigenvalue weighted by molar-refractivity contribution is 9.10. The van der Waals surface area contributed by atoms with Crippen LogP contribution in [0.4, 0.5) is 5.82 Å². The fourth-order valence-corrected chi connectivity index (χ4v) is 4.72. The first kappa shape index (κ1) is 20.8. The van der Waals surface area contributed by atoms with Crippen LogP contribution in [0.25, 0.3) is 16.9 Å². The first-order valence-corrected chi connectivity index (χ1v) is 11.1. The van der Waals surface area contributed by atoms with Gasteiger partial charge in [0.1, 0.15) is 5.82 Å². The predicted molar refractivity (Wildman–Crippen MR) is 122 cm³/mol. The molecular formula is C23H27BrN4O2. The highest BCUT2D eigenvalue weighted by Gasteiger charge is 2.39. The predicted octanol–water partition coefficient (Wildman–Crippen LogP) is 5.28. The van der Waals surface area contributed by atoms with E-state index in [4.69, 9.17) is 10.1 Å². The molecule has 1 aliphatic heterocycles. The minimum atomic E-state index is -0.766. The molecule has 3 aromatic rings. The van der Waals surface area contributed by atoms with E-state index in [1.54, 1.807) is 0 Å². The van der Waals surface area contributed by atoms with Gasteiger partial charge in [-0.1, -0.05) is 41.9 Å². The lowest BCUT2D eigenvalue weighted by atomic mass is 9.81. The van der Waals surface area contributed by atoms with Gasteiger partial charge in [-0.25, -0.2) is 4.98 Å². The van der Waals surface area contributed by atoms with Crippen molar-refractivity contribution in [3.8, 4) is 11.3 Å². The van der Waals surface area contributed by atoms with Crippen LogP contribution in [0.1, 0.15) is 50.8 Å². The Kier molecular flexibility index (Phi) is 5.34. The minimum Gasteiger partial charge on any atom is -0.481 e. The number of aliphatic carboxylic acids is 1. The number of aromatic nitrogens is 3. The molecule has 0 amide bonds. The third-order valence-corrected chi connectivity index (χ3v) is 6.56. The summed E-state index contributed by atoms with van der Waals surface area (Å²) >= 11 is 3.48. The number of piperidine rings is 1. The normalized spacial score (nSPS) is 19.6. The second-order valence-electron chi connectivity index (χ2n) is 8.79. The second-order valence-corrected chi connectivity index (χ2v) is 9.70. The number of carboxylic acid groups (broad SMARTS) is 1. The third-order valence-electron chi connectivity index (χ3n) is 6.03. The van der Waals surface area contributed by atoms with Crippen LogP contribution in [0, 0.1) is 12.3 Å². The van der Waals surface area contributed by atoms with Crippen molar-refractivity contribution >= 4 is 33.4 Å². The Morgan fingerprint density at radius 1 is 1.27 bits per heavy atom. The molecule has 1 aliphatic rings. The number of aryl methyl sites for hydroxylation is 1. The van der Waals surface area contributed by atoms with Crippen molar-refractivity contribution in [2.24, 2.45) is 5.41 Å². The highest BCUT2D eigenvalue weighted by Crippen LogP contribution is 2.37. The van der Waals surface area contributed by atoms with Gasteiger partial charge in [0.25, 0.3) is 0 Å². The molecular weight excluding hydrogens is 444 g/mol. The number of carbonyl (C=O) groups is 1. The Morgan fingerprint density at radius 2 is 1.97 bits per heavy atom. The number of nitrogens with zero attached hydrogens (tertiary/aromatic N) is 4. The summed E-state index contributed by atoms with van der Waals surface area (Å²) in [6, 6.07) is 10.1. The van der Waals surface area contributed by atoms with Crippen molar-refractivity contribution in [3.05, 3.63) is 46.1 Å². The summed E-state index contributed by atoms with van der Waals surface area (Å²) in [6.07, 6.45) is 1.52. The number of hydrogen-bond donors (Lipinski definition) is 1. The molecule has 7 heteroatoms. The summed E-state index contributed by atoms with van der Waals surface area (Å²) in [4.78, 5) is 19.0. The first-order valence-electron chi connectivity index (χ1n) is 10.3. The van der Waals surface area contributed by atoms with Crippen LogP contribution in [-0.4, -0.2) is 38.8 Å². The van der Waals surface area contributed by atoms with Gasteiger partial charge >= 0.3 is 5.97 Å². The van der Waals surface area contributed by atoms with Crippen LogP contribution in [0.5, 0.6) is 0 Å². The van der Waals surface area contributed by atoms with E-state index in [9.17, 15) is 9.90 Å². The molecule has 1 aromatic carbocycles. The molecule has 0 spiro atoms. The van der Waals surface area contributed by atoms with E-state index in [0.717, 1.165) is 51.4 Å². The van der Waals surface area contributed by atoms with Crippen molar-refractivity contribution in [1.29, 1.82) is 0 Å². The number of anilines is 1. The lowest BCUT2D eigenvalue weighted by Gasteiger charge is -2.40. The van der Waals surface area contributed by atoms with Crippen LogP contribution in [0.2, 0.25) is 0 Å². The summed E-state index contributed by atoms with van der Waals surface area (Å²) in [5, 5.41) is 14.7. The van der Waals surface area contributed by atoms with Crippen molar-refractivity contribution in [2.75, 3.05) is 18.0 Å². The summed E-state index contributed by atoms with van der Waals surface area (Å²) in [7, 11) is 0. The highest BCUT2D eigenvalue weighted by atomic mass is 79.9. The molecule has 1 fully saturated rings. The van der Waals surface area contributed by atoms with Crippen LogP contribution >= 0.6 is 15.9 Å². The van der Waals surface area contributed by atoms with Gasteiger partial charge in [-0.05, 0) is 44.7 Å². The quantitative estimate of drug-likeness (QED) is 0.561. The van der Waals surface area contributed by atoms with Gasteiger partial charge in [-0.15, -0.1) is 0 Å². The molecule has 1 saturated heterocycles. The van der Waals surface area contributed by atoms with E-state index >= 15 is 0 Å². The van der Waals surface area contributed by atoms with Gasteiger partial charge in [-0.2, -0.15) is 9.61 Å². The van der Waals surface area contributed by atoms with E-state index in [0.29, 0.717) is 13.0 Å². The number of rotatable bonds is 4. The molecule has 158 valence electrons. The molecule has 0 radical (unpaired) electrons. The van der Waals surface area contributed by atoms with Crippen LogP contribution in [0.15, 0.2) is 34.8 Å². The number of hydrogen-bond acceptors (Lipinski definition) is 4. The lowest BCUT2D eigenvalue weighted by Crippen LogP contribution is -2.47. The Morgan fingerprint density at radius 3 is 2.60 bits per heavy atom. The number of carboxylic acids is 1. The zero-order chi connectivity index (χ0) is 21.6. The average Bonchev–Trinajstić information content (AvgIpc) is 3.10. The molecule has 0 saturated carbocycles. The molecule has 3 heterocycles. The van der Waals surface area contributed by atoms with E-state index in [-0.39, 0.29) is 5.92 Å². The molecule has 1 atom stereocenters. The maximum atomic E-state index is 12.0. The molecule has 0 aliphatic carbocycles. The minimum absolute atomic E-state index is 0.246. The zero-order valence-corrected chi connectivity index (χ0v) is 19.4. The summed E-state index contributed by atoms with van der Waals surface area (Å²) < 4.78 is 2.93. The van der Waals surface area contributed by atoms with E-state index in [1.807, 2.05) is 48.7 Å². The Balaban J connectivity index is 1.90. The fourth-order valence-electron chi connectivity index (χ4n) is 4.45. The summed E-state index contributed by atoms with van der Waals surface area (Å²) in [5.41, 5.74) is 3.99. The second kappa shape index (κ2) is 7.69. The molecule has 30 heavy (non-hydrogen) atoms. The first-order chi connectivity index (χ1) is 14.2. The van der Waals surface area contributed by atoms with Crippen molar-refractivity contribution in [1.82, 2.24) is 14.6 Å². The number of benzene rings is 1. The van der Waals surface area contributed by atoms with Crippen LogP contribution in [0.3, 0.4) is 0 Å². The fraction of sp³-hybridized carbons (Fsp3) is 0.435. The van der Waals surface area contributed by atoms with E-state index in [2.05, 4.69) is 34.7 Å². The Labute approximate surface area is 185 Å². The van der Waals surface area contributed by atoms with E-state index in [1.165, 1.54) is 0 Å². The third kappa shape index (κ3) is 3.60. The van der Waals surface area contributed by atoms with Gasteiger partial charge < -0.3 is 10.0 Å². The van der Waals surface area contributed by atoms with Crippen molar-refractivity contribution < 1.29 is 9.90 Å². The smallest absolute Gasteiger partial charge is 0.311 e. The van der Waals surface area contributed by atoms with E-state index < -0.39 is 11.4 Å². The van der Waals surface area contributed by atoms with Gasteiger partial charge in [0.2, 0.25) is 0 Å². The topological polar surface area (TPSA) is 70.7 Å². The van der Waals surface area contributed by atoms with Gasteiger partial charge in [0, 0.05) is 40.4 Å². The largest absolute Gasteiger partial charge is 0.481 e. The molecule has 0 unspecified atom stereocenters. The number of halogens is 1. The average molecular weight is 471 g/mol. The molecule has 1 N–H and O–H groups in total. The maximum Gasteiger partial charge on any atom is 0.311 e. The lowest BCUT2D eigenvalue weighted by molar-refractivity contribution is -0.148. The van der Waals surface area contributed by atoms with Crippen molar-refractivity contribution in [3.63, 3.8) is 0 Å². The molecule has 0 bridgehead atoms. The van der Waals surface area contributed by atoms with Gasteiger partial charge in [0.05, 0.1) is 11.1 Å².